The van der Waals surface area contributed by atoms with E-state index in [1.54, 1.807) is 18.2 Å². The molecule has 0 spiro atoms. The fraction of sp³-hybridized carbons (Fsp3) is 0.462. The van der Waals surface area contributed by atoms with E-state index in [9.17, 15) is 14.3 Å². The predicted octanol–water partition coefficient (Wildman–Crippen LogP) is 5.60. The number of rotatable bonds is 8. The molecule has 2 atom stereocenters. The molecule has 1 aliphatic rings. The summed E-state index contributed by atoms with van der Waals surface area (Å²) in [4.78, 5) is 23.3. The van der Waals surface area contributed by atoms with E-state index in [1.807, 2.05) is 32.6 Å². The van der Waals surface area contributed by atoms with Gasteiger partial charge in [-0.05, 0) is 45.2 Å². The van der Waals surface area contributed by atoms with Crippen molar-refractivity contribution < 1.29 is 18.7 Å². The standard InChI is InChI=1S/C26H31ClF2N6O2/c1-14(2)23-22(29)19(30-25(32-23)31-20-10-15(3)33-34-20)12-26(24(36)37)8-9-35(16(4)11-26)13-17-6-5-7-18(27)21(17)28/h5-7,10,14,16H,8-9,11-13H2,1-4H3,(H,36,37)(H2,30,31,32,33,34)/t16-,26-/m1/s1. The van der Waals surface area contributed by atoms with E-state index in [0.29, 0.717) is 24.5 Å². The average molecular weight is 533 g/mol. The number of aromatic amines is 1. The minimum atomic E-state index is -1.23. The van der Waals surface area contributed by atoms with Crippen LogP contribution in [-0.4, -0.2) is 48.7 Å². The van der Waals surface area contributed by atoms with Gasteiger partial charge in [0, 0.05) is 36.3 Å². The van der Waals surface area contributed by atoms with E-state index in [2.05, 4.69) is 25.5 Å². The molecule has 2 aromatic heterocycles. The Morgan fingerprint density at radius 2 is 2.08 bits per heavy atom. The van der Waals surface area contributed by atoms with Gasteiger partial charge in [0.25, 0.3) is 0 Å². The smallest absolute Gasteiger partial charge is 0.310 e. The van der Waals surface area contributed by atoms with Crippen molar-refractivity contribution in [2.75, 3.05) is 11.9 Å². The van der Waals surface area contributed by atoms with Gasteiger partial charge in [-0.25, -0.2) is 18.7 Å². The van der Waals surface area contributed by atoms with Crippen molar-refractivity contribution in [3.05, 3.63) is 63.6 Å². The zero-order valence-corrected chi connectivity index (χ0v) is 22.0. The molecule has 1 aromatic carbocycles. The fourth-order valence-electron chi connectivity index (χ4n) is 4.91. The Bertz CT molecular complexity index is 1300. The Morgan fingerprint density at radius 3 is 2.70 bits per heavy atom. The van der Waals surface area contributed by atoms with E-state index in [-0.39, 0.29) is 53.6 Å². The van der Waals surface area contributed by atoms with Gasteiger partial charge in [0.1, 0.15) is 5.82 Å². The summed E-state index contributed by atoms with van der Waals surface area (Å²) >= 11 is 5.93. The zero-order valence-electron chi connectivity index (χ0n) is 21.3. The second-order valence-corrected chi connectivity index (χ2v) is 10.6. The first-order chi connectivity index (χ1) is 17.5. The van der Waals surface area contributed by atoms with Gasteiger partial charge in [-0.1, -0.05) is 37.6 Å². The molecule has 0 aliphatic carbocycles. The van der Waals surface area contributed by atoms with Gasteiger partial charge >= 0.3 is 5.97 Å². The summed E-state index contributed by atoms with van der Waals surface area (Å²) in [6.45, 7) is 8.10. The third-order valence-corrected chi connectivity index (χ3v) is 7.28. The summed E-state index contributed by atoms with van der Waals surface area (Å²) in [6, 6.07) is 6.43. The molecule has 3 aromatic rings. The molecule has 3 heterocycles. The van der Waals surface area contributed by atoms with Gasteiger partial charge in [0.15, 0.2) is 11.6 Å². The lowest BCUT2D eigenvalue weighted by atomic mass is 9.72. The van der Waals surface area contributed by atoms with E-state index in [0.717, 1.165) is 5.69 Å². The van der Waals surface area contributed by atoms with E-state index in [4.69, 9.17) is 11.6 Å². The first-order valence-corrected chi connectivity index (χ1v) is 12.6. The van der Waals surface area contributed by atoms with Crippen molar-refractivity contribution in [1.29, 1.82) is 0 Å². The maximum absolute atomic E-state index is 15.5. The maximum Gasteiger partial charge on any atom is 0.310 e. The van der Waals surface area contributed by atoms with Crippen LogP contribution in [0.2, 0.25) is 5.02 Å². The quantitative estimate of drug-likeness (QED) is 0.346. The van der Waals surface area contributed by atoms with Crippen LogP contribution >= 0.6 is 11.6 Å². The highest BCUT2D eigenvalue weighted by molar-refractivity contribution is 6.30. The molecule has 0 unspecified atom stereocenters. The highest BCUT2D eigenvalue weighted by Gasteiger charge is 2.45. The summed E-state index contributed by atoms with van der Waals surface area (Å²) < 4.78 is 30.0. The SMILES string of the molecule is Cc1cc(Nc2nc(C[C@@]3(C(=O)O)CCN(Cc4cccc(Cl)c4F)[C@H](C)C3)c(F)c(C(C)C)n2)n[nH]1. The normalized spacial score (nSPS) is 20.4. The molecular weight excluding hydrogens is 502 g/mol. The number of likely N-dealkylation sites (tertiary alicyclic amines) is 1. The summed E-state index contributed by atoms with van der Waals surface area (Å²) in [5.41, 5.74) is 0.318. The molecule has 1 aliphatic heterocycles. The number of hydrogen-bond donors (Lipinski definition) is 3. The third-order valence-electron chi connectivity index (χ3n) is 6.99. The summed E-state index contributed by atoms with van der Waals surface area (Å²) in [5, 5.41) is 20.3. The van der Waals surface area contributed by atoms with Crippen molar-refractivity contribution in [3.63, 3.8) is 0 Å². The number of aromatic nitrogens is 4. The van der Waals surface area contributed by atoms with Gasteiger partial charge in [0.2, 0.25) is 5.95 Å². The number of piperidine rings is 1. The first-order valence-electron chi connectivity index (χ1n) is 12.2. The fourth-order valence-corrected chi connectivity index (χ4v) is 5.11. The Kier molecular flexibility index (Phi) is 7.80. The number of nitrogens with one attached hydrogen (secondary N) is 2. The molecule has 37 heavy (non-hydrogen) atoms. The number of H-pyrrole nitrogens is 1. The highest BCUT2D eigenvalue weighted by atomic mass is 35.5. The molecule has 0 amide bonds. The number of carboxylic acid groups (broad SMARTS) is 1. The first kappa shape index (κ1) is 26.9. The lowest BCUT2D eigenvalue weighted by molar-refractivity contribution is -0.153. The van der Waals surface area contributed by atoms with Crippen molar-refractivity contribution >= 4 is 29.3 Å². The van der Waals surface area contributed by atoms with Crippen LogP contribution in [0.4, 0.5) is 20.5 Å². The Balaban J connectivity index is 1.60. The van der Waals surface area contributed by atoms with Crippen molar-refractivity contribution in [2.45, 2.75) is 65.5 Å². The number of hydrogen-bond acceptors (Lipinski definition) is 6. The van der Waals surface area contributed by atoms with Crippen LogP contribution in [0.15, 0.2) is 24.3 Å². The molecular formula is C26H31ClF2N6O2. The average Bonchev–Trinajstić information content (AvgIpc) is 3.24. The minimum absolute atomic E-state index is 0.0525. The van der Waals surface area contributed by atoms with Gasteiger partial charge in [-0.3, -0.25) is 14.8 Å². The molecule has 198 valence electrons. The lowest BCUT2D eigenvalue weighted by Gasteiger charge is -2.43. The molecule has 11 heteroatoms. The Morgan fingerprint density at radius 1 is 1.32 bits per heavy atom. The molecule has 0 saturated carbocycles. The number of nitrogens with zero attached hydrogens (tertiary/aromatic N) is 4. The van der Waals surface area contributed by atoms with Crippen molar-refractivity contribution in [1.82, 2.24) is 25.1 Å². The predicted molar refractivity (Wildman–Crippen MR) is 137 cm³/mol. The lowest BCUT2D eigenvalue weighted by Crippen LogP contribution is -2.50. The number of anilines is 2. The van der Waals surface area contributed by atoms with Gasteiger partial charge < -0.3 is 10.4 Å². The van der Waals surface area contributed by atoms with Crippen LogP contribution in [0, 0.1) is 24.0 Å². The molecule has 1 saturated heterocycles. The Labute approximate surface area is 219 Å². The van der Waals surface area contributed by atoms with Crippen LogP contribution < -0.4 is 5.32 Å². The van der Waals surface area contributed by atoms with Crippen LogP contribution in [0.25, 0.3) is 0 Å². The number of aryl methyl sites for hydroxylation is 1. The zero-order chi connectivity index (χ0) is 26.9. The maximum atomic E-state index is 15.5. The monoisotopic (exact) mass is 532 g/mol. The largest absolute Gasteiger partial charge is 0.481 e. The van der Waals surface area contributed by atoms with Crippen LogP contribution in [0.3, 0.4) is 0 Å². The summed E-state index contributed by atoms with van der Waals surface area (Å²) in [7, 11) is 0. The second kappa shape index (κ2) is 10.7. The number of carbonyl (C=O) groups is 1. The summed E-state index contributed by atoms with van der Waals surface area (Å²) in [5.74, 6) is -1.66. The molecule has 0 radical (unpaired) electrons. The molecule has 1 fully saturated rings. The third kappa shape index (κ3) is 5.75. The highest BCUT2D eigenvalue weighted by Crippen LogP contribution is 2.40. The second-order valence-electron chi connectivity index (χ2n) is 10.2. The summed E-state index contributed by atoms with van der Waals surface area (Å²) in [6.07, 6.45) is 0.428. The molecule has 4 rings (SSSR count). The Hall–Kier alpha value is -3.11. The molecule has 0 bridgehead atoms. The number of halogens is 3. The van der Waals surface area contributed by atoms with E-state index in [1.165, 1.54) is 6.07 Å². The topological polar surface area (TPSA) is 107 Å². The van der Waals surface area contributed by atoms with Crippen molar-refractivity contribution in [2.24, 2.45) is 5.41 Å². The van der Waals surface area contributed by atoms with Crippen LogP contribution in [0.1, 0.15) is 62.2 Å². The van der Waals surface area contributed by atoms with Crippen LogP contribution in [0.5, 0.6) is 0 Å². The van der Waals surface area contributed by atoms with E-state index >= 15 is 4.39 Å². The number of aliphatic carboxylic acids is 1. The van der Waals surface area contributed by atoms with Gasteiger partial charge in [0.05, 0.1) is 21.8 Å². The number of benzene rings is 1. The van der Waals surface area contributed by atoms with Gasteiger partial charge in [-0.2, -0.15) is 5.10 Å². The molecule has 3 N–H and O–H groups in total. The van der Waals surface area contributed by atoms with Crippen LogP contribution in [-0.2, 0) is 17.8 Å². The van der Waals surface area contributed by atoms with E-state index < -0.39 is 23.0 Å². The van der Waals surface area contributed by atoms with Gasteiger partial charge in [-0.15, -0.1) is 0 Å². The molecule has 8 nitrogen and oxygen atoms in total. The van der Waals surface area contributed by atoms with Crippen molar-refractivity contribution in [3.8, 4) is 0 Å². The number of carboxylic acids is 1. The minimum Gasteiger partial charge on any atom is -0.481 e.